The Kier molecular flexibility index (Phi) is 5.93. The Morgan fingerprint density at radius 2 is 1.94 bits per heavy atom. The van der Waals surface area contributed by atoms with Crippen molar-refractivity contribution >= 4 is 28.4 Å². The number of carbonyl (C=O) groups excluding carboxylic acids is 2. The van der Waals surface area contributed by atoms with E-state index in [1.807, 2.05) is 47.1 Å². The van der Waals surface area contributed by atoms with Gasteiger partial charge in [0.15, 0.2) is 0 Å². The zero-order valence-electron chi connectivity index (χ0n) is 18.2. The van der Waals surface area contributed by atoms with E-state index < -0.39 is 0 Å². The largest absolute Gasteiger partial charge is 0.497 e. The molecule has 2 amide bonds. The van der Waals surface area contributed by atoms with Crippen LogP contribution < -0.4 is 15.0 Å². The number of benzene rings is 2. The smallest absolute Gasteiger partial charge is 0.227 e. The third-order valence-corrected chi connectivity index (χ3v) is 5.58. The molecule has 1 N–H and O–H groups in total. The molecule has 1 saturated heterocycles. The Morgan fingerprint density at radius 1 is 1.19 bits per heavy atom. The Morgan fingerprint density at radius 3 is 2.65 bits per heavy atom. The van der Waals surface area contributed by atoms with Crippen LogP contribution in [0.3, 0.4) is 0 Å². The fourth-order valence-corrected chi connectivity index (χ4v) is 4.02. The van der Waals surface area contributed by atoms with E-state index in [1.165, 1.54) is 0 Å². The molecule has 1 aliphatic heterocycles. The minimum absolute atomic E-state index is 0.0445. The van der Waals surface area contributed by atoms with Gasteiger partial charge in [-0.2, -0.15) is 5.10 Å². The van der Waals surface area contributed by atoms with Gasteiger partial charge in [0, 0.05) is 30.6 Å². The van der Waals surface area contributed by atoms with Crippen LogP contribution in [0.25, 0.3) is 10.9 Å². The molecule has 0 aliphatic carbocycles. The van der Waals surface area contributed by atoms with Crippen molar-refractivity contribution in [1.29, 1.82) is 0 Å². The fourth-order valence-electron chi connectivity index (χ4n) is 4.02. The van der Waals surface area contributed by atoms with Crippen molar-refractivity contribution in [2.45, 2.75) is 33.4 Å². The van der Waals surface area contributed by atoms with E-state index >= 15 is 0 Å². The second-order valence-corrected chi connectivity index (χ2v) is 8.36. The number of anilines is 1. The first kappa shape index (κ1) is 20.9. The zero-order valence-corrected chi connectivity index (χ0v) is 18.2. The van der Waals surface area contributed by atoms with E-state index in [2.05, 4.69) is 25.2 Å². The first-order valence-electron chi connectivity index (χ1n) is 10.6. The van der Waals surface area contributed by atoms with Gasteiger partial charge in [-0.15, -0.1) is 0 Å². The highest BCUT2D eigenvalue weighted by molar-refractivity contribution is 6.00. The quantitative estimate of drug-likeness (QED) is 0.636. The van der Waals surface area contributed by atoms with Crippen LogP contribution in [0.1, 0.15) is 26.0 Å². The lowest BCUT2D eigenvalue weighted by molar-refractivity contribution is -0.126. The molecule has 162 valence electrons. The molecule has 0 spiro atoms. The number of rotatable bonds is 7. The van der Waals surface area contributed by atoms with Crippen LogP contribution in [0, 0.1) is 11.8 Å². The summed E-state index contributed by atoms with van der Waals surface area (Å²) in [7, 11) is 1.60. The first-order chi connectivity index (χ1) is 15.0. The third-order valence-electron chi connectivity index (χ3n) is 5.58. The maximum atomic E-state index is 12.8. The van der Waals surface area contributed by atoms with Gasteiger partial charge in [0.05, 0.1) is 30.8 Å². The molecule has 2 heterocycles. The van der Waals surface area contributed by atoms with Crippen molar-refractivity contribution < 1.29 is 14.3 Å². The van der Waals surface area contributed by atoms with Crippen LogP contribution in [-0.4, -0.2) is 35.2 Å². The maximum absolute atomic E-state index is 12.8. The highest BCUT2D eigenvalue weighted by atomic mass is 16.5. The Labute approximate surface area is 182 Å². The van der Waals surface area contributed by atoms with Crippen molar-refractivity contribution in [1.82, 2.24) is 15.1 Å². The molecule has 7 heteroatoms. The number of nitrogens with one attached hydrogen (secondary N) is 1. The molecule has 2 aromatic carbocycles. The minimum Gasteiger partial charge on any atom is -0.497 e. The summed E-state index contributed by atoms with van der Waals surface area (Å²) < 4.78 is 7.18. The normalized spacial score (nSPS) is 16.3. The number of nitrogens with zero attached hydrogens (tertiary/aromatic N) is 3. The number of carbonyl (C=O) groups is 2. The molecule has 0 saturated carbocycles. The molecule has 1 fully saturated rings. The van der Waals surface area contributed by atoms with Crippen molar-refractivity contribution in [2.75, 3.05) is 18.6 Å². The minimum atomic E-state index is -0.376. The van der Waals surface area contributed by atoms with E-state index in [1.54, 1.807) is 12.0 Å². The van der Waals surface area contributed by atoms with E-state index in [-0.39, 0.29) is 24.2 Å². The number of hydrogen-bond donors (Lipinski definition) is 1. The maximum Gasteiger partial charge on any atom is 0.227 e. The van der Waals surface area contributed by atoms with Crippen molar-refractivity contribution in [3.8, 4) is 5.75 Å². The lowest BCUT2D eigenvalue weighted by atomic mass is 10.1. The summed E-state index contributed by atoms with van der Waals surface area (Å²) in [6.45, 7) is 5.85. The predicted octanol–water partition coefficient (Wildman–Crippen LogP) is 3.37. The lowest BCUT2D eigenvalue weighted by Crippen LogP contribution is -2.32. The number of ether oxygens (including phenoxy) is 1. The zero-order chi connectivity index (χ0) is 22.0. The van der Waals surface area contributed by atoms with Crippen LogP contribution in [0.5, 0.6) is 5.75 Å². The summed E-state index contributed by atoms with van der Waals surface area (Å²) in [5.41, 5.74) is 2.70. The van der Waals surface area contributed by atoms with Gasteiger partial charge in [0.2, 0.25) is 11.8 Å². The van der Waals surface area contributed by atoms with E-state index in [0.717, 1.165) is 34.6 Å². The van der Waals surface area contributed by atoms with E-state index in [0.29, 0.717) is 19.0 Å². The second kappa shape index (κ2) is 8.79. The topological polar surface area (TPSA) is 76.5 Å². The van der Waals surface area contributed by atoms with Gasteiger partial charge in [-0.3, -0.25) is 14.3 Å². The third kappa shape index (κ3) is 4.40. The van der Waals surface area contributed by atoms with Crippen LogP contribution in [0.15, 0.2) is 48.5 Å². The van der Waals surface area contributed by atoms with Gasteiger partial charge in [-0.25, -0.2) is 0 Å². The molecular weight excluding hydrogens is 392 g/mol. The summed E-state index contributed by atoms with van der Waals surface area (Å²) in [5, 5.41) is 8.78. The van der Waals surface area contributed by atoms with Gasteiger partial charge in [0.1, 0.15) is 5.75 Å². The lowest BCUT2D eigenvalue weighted by Gasteiger charge is -2.17. The molecule has 7 nitrogen and oxygen atoms in total. The Balaban J connectivity index is 1.43. The van der Waals surface area contributed by atoms with E-state index in [9.17, 15) is 9.59 Å². The molecule has 1 unspecified atom stereocenters. The van der Waals surface area contributed by atoms with Crippen molar-refractivity contribution in [2.24, 2.45) is 11.8 Å². The number of hydrogen-bond acceptors (Lipinski definition) is 4. The molecule has 4 rings (SSSR count). The average Bonchev–Trinajstić information content (AvgIpc) is 3.32. The van der Waals surface area contributed by atoms with Gasteiger partial charge in [-0.1, -0.05) is 32.0 Å². The predicted molar refractivity (Wildman–Crippen MR) is 120 cm³/mol. The van der Waals surface area contributed by atoms with Gasteiger partial charge >= 0.3 is 0 Å². The molecule has 3 aromatic rings. The van der Waals surface area contributed by atoms with Crippen LogP contribution >= 0.6 is 0 Å². The number of fused-ring (bicyclic) bond motifs is 1. The number of amides is 2. The first-order valence-corrected chi connectivity index (χ1v) is 10.6. The molecule has 31 heavy (non-hydrogen) atoms. The van der Waals surface area contributed by atoms with Crippen LogP contribution in [-0.2, 0) is 22.7 Å². The Bertz CT molecular complexity index is 1090. The van der Waals surface area contributed by atoms with Crippen molar-refractivity contribution in [3.63, 3.8) is 0 Å². The van der Waals surface area contributed by atoms with Crippen LogP contribution in [0.2, 0.25) is 0 Å². The summed E-state index contributed by atoms with van der Waals surface area (Å²) >= 11 is 0. The highest BCUT2D eigenvalue weighted by Gasteiger charge is 2.35. The van der Waals surface area contributed by atoms with Gasteiger partial charge in [-0.05, 0) is 36.2 Å². The molecule has 1 atom stereocenters. The monoisotopic (exact) mass is 420 g/mol. The Hall–Kier alpha value is -3.35. The second-order valence-electron chi connectivity index (χ2n) is 8.36. The number of para-hydroxylation sites is 1. The van der Waals surface area contributed by atoms with Gasteiger partial charge in [0.25, 0.3) is 0 Å². The van der Waals surface area contributed by atoms with Gasteiger partial charge < -0.3 is 15.0 Å². The summed E-state index contributed by atoms with van der Waals surface area (Å²) in [6, 6.07) is 15.4. The number of aromatic nitrogens is 2. The molecule has 0 radical (unpaired) electrons. The molecule has 1 aromatic heterocycles. The fraction of sp³-hybridized carbons (Fsp3) is 0.375. The molecule has 0 bridgehead atoms. The number of methoxy groups -OCH3 is 1. The highest BCUT2D eigenvalue weighted by Crippen LogP contribution is 2.27. The summed E-state index contributed by atoms with van der Waals surface area (Å²) in [6.07, 6.45) is 0.209. The average molecular weight is 421 g/mol. The summed E-state index contributed by atoms with van der Waals surface area (Å²) in [4.78, 5) is 27.0. The summed E-state index contributed by atoms with van der Waals surface area (Å²) in [5.74, 6) is 0.662. The SMILES string of the molecule is COc1ccc(N2CC(C(=O)NCc3nn(CC(C)C)c4ccccc34)CC2=O)cc1. The standard InChI is InChI=1S/C24H28N4O3/c1-16(2)14-28-22-7-5-4-6-20(22)21(26-28)13-25-24(30)17-12-23(29)27(15-17)18-8-10-19(31-3)11-9-18/h4-11,16-17H,12-15H2,1-3H3,(H,25,30). The van der Waals surface area contributed by atoms with Crippen LogP contribution in [0.4, 0.5) is 5.69 Å². The van der Waals surface area contributed by atoms with Crippen molar-refractivity contribution in [3.05, 3.63) is 54.2 Å². The molecular formula is C24H28N4O3. The van der Waals surface area contributed by atoms with E-state index in [4.69, 9.17) is 9.84 Å². The molecule has 1 aliphatic rings.